The van der Waals surface area contributed by atoms with Gasteiger partial charge in [0, 0.05) is 6.21 Å². The fraction of sp³-hybridized carbons (Fsp3) is 0.200. The largest absolute Gasteiger partial charge is 0.335 e. The van der Waals surface area contributed by atoms with Crippen LogP contribution >= 0.6 is 0 Å². The summed E-state index contributed by atoms with van der Waals surface area (Å²) in [6.07, 6.45) is 1.21. The van der Waals surface area contributed by atoms with Gasteiger partial charge in [-0.15, -0.1) is 0 Å². The number of halogens is 1. The Bertz CT molecular complexity index is 905. The highest BCUT2D eigenvalue weighted by molar-refractivity contribution is 6.32. The molecule has 138 valence electrons. The maximum absolute atomic E-state index is 13.1. The summed E-state index contributed by atoms with van der Waals surface area (Å²) in [7, 11) is 0. The van der Waals surface area contributed by atoms with E-state index in [4.69, 9.17) is 0 Å². The summed E-state index contributed by atoms with van der Waals surface area (Å²) >= 11 is 0. The number of carbonyl (C=O) groups excluding carboxylic acids is 3. The van der Waals surface area contributed by atoms with Crippen molar-refractivity contribution in [3.8, 4) is 0 Å². The third kappa shape index (κ3) is 3.92. The standard InChI is InChI=1S/C20H18FN3O3/c1-12(2)13-3-7-15(8-4-13)22-11-17-18(25)23-20(27)24(19(17)26)16-9-5-14(21)6-10-16/h3-12,17H,1-2H3,(H,23,25,27). The van der Waals surface area contributed by atoms with Gasteiger partial charge in [-0.3, -0.25) is 19.9 Å². The fourth-order valence-corrected chi connectivity index (χ4v) is 2.66. The molecule has 6 nitrogen and oxygen atoms in total. The van der Waals surface area contributed by atoms with Crippen LogP contribution in [0.4, 0.5) is 20.6 Å². The molecule has 2 aromatic rings. The fourth-order valence-electron chi connectivity index (χ4n) is 2.66. The van der Waals surface area contributed by atoms with Gasteiger partial charge in [0.25, 0.3) is 5.91 Å². The van der Waals surface area contributed by atoms with Crippen LogP contribution in [0, 0.1) is 11.7 Å². The number of amides is 4. The molecule has 0 saturated carbocycles. The molecule has 1 saturated heterocycles. The van der Waals surface area contributed by atoms with Gasteiger partial charge in [-0.05, 0) is 47.9 Å². The number of hydrogen-bond acceptors (Lipinski definition) is 4. The molecular formula is C20H18FN3O3. The summed E-state index contributed by atoms with van der Waals surface area (Å²) in [4.78, 5) is 41.8. The molecule has 1 aliphatic rings. The van der Waals surface area contributed by atoms with Gasteiger partial charge < -0.3 is 0 Å². The Kier molecular flexibility index (Phi) is 5.12. The Labute approximate surface area is 155 Å². The minimum absolute atomic E-state index is 0.172. The molecule has 1 aliphatic heterocycles. The highest BCUT2D eigenvalue weighted by Gasteiger charge is 2.40. The molecule has 2 aromatic carbocycles. The molecule has 0 aromatic heterocycles. The Balaban J connectivity index is 1.83. The van der Waals surface area contributed by atoms with E-state index in [9.17, 15) is 18.8 Å². The maximum Gasteiger partial charge on any atom is 0.335 e. The first-order valence-corrected chi connectivity index (χ1v) is 8.45. The van der Waals surface area contributed by atoms with Gasteiger partial charge in [0.15, 0.2) is 5.92 Å². The molecule has 1 fully saturated rings. The highest BCUT2D eigenvalue weighted by atomic mass is 19.1. The number of imide groups is 2. The average molecular weight is 367 g/mol. The van der Waals surface area contributed by atoms with E-state index in [0.29, 0.717) is 11.6 Å². The molecule has 0 spiro atoms. The van der Waals surface area contributed by atoms with Crippen LogP contribution < -0.4 is 10.2 Å². The van der Waals surface area contributed by atoms with Crippen LogP contribution in [0.25, 0.3) is 0 Å². The number of carbonyl (C=O) groups is 3. The summed E-state index contributed by atoms with van der Waals surface area (Å²) in [6, 6.07) is 11.4. The molecule has 0 radical (unpaired) electrons. The SMILES string of the molecule is CC(C)c1ccc(N=CC2C(=O)NC(=O)N(c3ccc(F)cc3)C2=O)cc1. The number of aliphatic imine (C=N–C) groups is 1. The summed E-state index contributed by atoms with van der Waals surface area (Å²) in [5, 5.41) is 2.13. The van der Waals surface area contributed by atoms with Crippen molar-refractivity contribution >= 4 is 35.4 Å². The molecule has 1 unspecified atom stereocenters. The zero-order chi connectivity index (χ0) is 19.6. The zero-order valence-electron chi connectivity index (χ0n) is 14.8. The third-order valence-corrected chi connectivity index (χ3v) is 4.22. The number of nitrogens with one attached hydrogen (secondary N) is 1. The van der Waals surface area contributed by atoms with Gasteiger partial charge in [0.2, 0.25) is 5.91 Å². The third-order valence-electron chi connectivity index (χ3n) is 4.22. The predicted molar refractivity (Wildman–Crippen MR) is 99.6 cm³/mol. The van der Waals surface area contributed by atoms with Crippen LogP contribution in [0.5, 0.6) is 0 Å². The number of rotatable bonds is 4. The van der Waals surface area contributed by atoms with Gasteiger partial charge in [0.1, 0.15) is 5.82 Å². The molecular weight excluding hydrogens is 349 g/mol. The number of nitrogens with zero attached hydrogens (tertiary/aromatic N) is 2. The monoisotopic (exact) mass is 367 g/mol. The van der Waals surface area contributed by atoms with Crippen molar-refractivity contribution in [2.45, 2.75) is 19.8 Å². The molecule has 1 N–H and O–H groups in total. The van der Waals surface area contributed by atoms with Gasteiger partial charge in [-0.2, -0.15) is 0 Å². The Morgan fingerprint density at radius 1 is 1.04 bits per heavy atom. The van der Waals surface area contributed by atoms with E-state index in [1.165, 1.54) is 18.3 Å². The van der Waals surface area contributed by atoms with Crippen LogP contribution in [-0.2, 0) is 9.59 Å². The lowest BCUT2D eigenvalue weighted by molar-refractivity contribution is -0.131. The molecule has 27 heavy (non-hydrogen) atoms. The van der Waals surface area contributed by atoms with Crippen molar-refractivity contribution in [1.82, 2.24) is 5.32 Å². The highest BCUT2D eigenvalue weighted by Crippen LogP contribution is 2.22. The normalized spacial score (nSPS) is 17.7. The number of hydrogen-bond donors (Lipinski definition) is 1. The summed E-state index contributed by atoms with van der Waals surface area (Å²) < 4.78 is 13.1. The second-order valence-corrected chi connectivity index (χ2v) is 6.45. The molecule has 3 rings (SSSR count). The van der Waals surface area contributed by atoms with Crippen molar-refractivity contribution in [2.24, 2.45) is 10.9 Å². The minimum Gasteiger partial charge on any atom is -0.276 e. The number of barbiturate groups is 1. The van der Waals surface area contributed by atoms with Crippen molar-refractivity contribution in [3.05, 3.63) is 59.9 Å². The van der Waals surface area contributed by atoms with Gasteiger partial charge in [0.05, 0.1) is 11.4 Å². The Morgan fingerprint density at radius 3 is 2.26 bits per heavy atom. The quantitative estimate of drug-likeness (QED) is 0.663. The van der Waals surface area contributed by atoms with E-state index >= 15 is 0 Å². The first-order chi connectivity index (χ1) is 12.9. The first-order valence-electron chi connectivity index (χ1n) is 8.45. The number of benzene rings is 2. The predicted octanol–water partition coefficient (Wildman–Crippen LogP) is 3.55. The van der Waals surface area contributed by atoms with Crippen LogP contribution in [0.3, 0.4) is 0 Å². The van der Waals surface area contributed by atoms with Crippen LogP contribution in [0.15, 0.2) is 53.5 Å². The van der Waals surface area contributed by atoms with Gasteiger partial charge >= 0.3 is 6.03 Å². The average Bonchev–Trinajstić information content (AvgIpc) is 2.63. The lowest BCUT2D eigenvalue weighted by Gasteiger charge is -2.28. The minimum atomic E-state index is -1.25. The van der Waals surface area contributed by atoms with Gasteiger partial charge in [-0.1, -0.05) is 26.0 Å². The van der Waals surface area contributed by atoms with Crippen molar-refractivity contribution in [2.75, 3.05) is 4.90 Å². The van der Waals surface area contributed by atoms with E-state index in [1.54, 1.807) is 12.1 Å². The number of urea groups is 1. The zero-order valence-corrected chi connectivity index (χ0v) is 14.8. The van der Waals surface area contributed by atoms with E-state index in [2.05, 4.69) is 24.2 Å². The summed E-state index contributed by atoms with van der Waals surface area (Å²) in [5.41, 5.74) is 1.91. The second kappa shape index (κ2) is 7.49. The Morgan fingerprint density at radius 2 is 1.67 bits per heavy atom. The second-order valence-electron chi connectivity index (χ2n) is 6.45. The Hall–Kier alpha value is -3.35. The van der Waals surface area contributed by atoms with Crippen molar-refractivity contribution in [1.29, 1.82) is 0 Å². The molecule has 0 aliphatic carbocycles. The molecule has 1 atom stereocenters. The lowest BCUT2D eigenvalue weighted by atomic mass is 10.0. The van der Waals surface area contributed by atoms with E-state index in [0.717, 1.165) is 22.6 Å². The molecule has 7 heteroatoms. The van der Waals surface area contributed by atoms with Crippen LogP contribution in [0.2, 0.25) is 0 Å². The van der Waals surface area contributed by atoms with E-state index in [1.807, 2.05) is 12.1 Å². The smallest absolute Gasteiger partial charge is 0.276 e. The molecule has 1 heterocycles. The summed E-state index contributed by atoms with van der Waals surface area (Å²) in [5.74, 6) is -2.85. The number of anilines is 1. The van der Waals surface area contributed by atoms with E-state index < -0.39 is 29.6 Å². The van der Waals surface area contributed by atoms with Crippen molar-refractivity contribution in [3.63, 3.8) is 0 Å². The van der Waals surface area contributed by atoms with Gasteiger partial charge in [-0.25, -0.2) is 14.1 Å². The first kappa shape index (κ1) is 18.4. The van der Waals surface area contributed by atoms with Crippen LogP contribution in [0.1, 0.15) is 25.3 Å². The molecule has 0 bridgehead atoms. The lowest BCUT2D eigenvalue weighted by Crippen LogP contribution is -2.58. The van der Waals surface area contributed by atoms with Crippen molar-refractivity contribution < 1.29 is 18.8 Å². The topological polar surface area (TPSA) is 78.8 Å². The summed E-state index contributed by atoms with van der Waals surface area (Å²) in [6.45, 7) is 4.15. The van der Waals surface area contributed by atoms with E-state index in [-0.39, 0.29) is 5.69 Å². The maximum atomic E-state index is 13.1. The molecule has 4 amide bonds. The van der Waals surface area contributed by atoms with Crippen LogP contribution in [-0.4, -0.2) is 24.1 Å².